The number of aliphatic hydroxyl groups is 1. The van der Waals surface area contributed by atoms with E-state index in [1.165, 1.54) is 22.1 Å². The average molecular weight is 324 g/mol. The molecule has 0 aliphatic rings. The quantitative estimate of drug-likeness (QED) is 0.552. The van der Waals surface area contributed by atoms with Crippen molar-refractivity contribution >= 4 is 32.2 Å². The van der Waals surface area contributed by atoms with Gasteiger partial charge in [0.15, 0.2) is 0 Å². The number of fused-ring (bicyclic) bond motifs is 2. The van der Waals surface area contributed by atoms with E-state index in [9.17, 15) is 0 Å². The van der Waals surface area contributed by atoms with Gasteiger partial charge in [0, 0.05) is 18.7 Å². The summed E-state index contributed by atoms with van der Waals surface area (Å²) in [4.78, 5) is 5.31. The van der Waals surface area contributed by atoms with Crippen LogP contribution in [-0.2, 0) is 0 Å². The molecule has 23 heavy (non-hydrogen) atoms. The van der Waals surface area contributed by atoms with Gasteiger partial charge in [0.2, 0.25) is 10.1 Å². The third kappa shape index (κ3) is 2.67. The number of hydrogen-bond donors (Lipinski definition) is 2. The van der Waals surface area contributed by atoms with E-state index < -0.39 is 0 Å². The number of aromatic nitrogens is 3. The molecule has 5 nitrogen and oxygen atoms in total. The Morgan fingerprint density at radius 3 is 2.87 bits per heavy atom. The molecule has 2 N–H and O–H groups in total. The lowest BCUT2D eigenvalue weighted by atomic mass is 10.1. The van der Waals surface area contributed by atoms with Crippen molar-refractivity contribution in [1.29, 1.82) is 0 Å². The van der Waals surface area contributed by atoms with Gasteiger partial charge in [-0.05, 0) is 23.3 Å². The summed E-state index contributed by atoms with van der Waals surface area (Å²) in [5, 5.41) is 19.9. The van der Waals surface area contributed by atoms with Gasteiger partial charge in [-0.15, -0.1) is 5.10 Å². The Morgan fingerprint density at radius 2 is 2.00 bits per heavy atom. The Hall–Kier alpha value is -2.44. The molecule has 2 aromatic heterocycles. The Kier molecular flexibility index (Phi) is 3.69. The van der Waals surface area contributed by atoms with Crippen LogP contribution in [0.5, 0.6) is 0 Å². The molecule has 4 rings (SSSR count). The van der Waals surface area contributed by atoms with Crippen LogP contribution in [0.4, 0.5) is 5.13 Å². The molecule has 0 fully saturated rings. The van der Waals surface area contributed by atoms with E-state index in [4.69, 9.17) is 5.11 Å². The highest BCUT2D eigenvalue weighted by Gasteiger charge is 2.11. The molecule has 2 aromatic carbocycles. The maximum absolute atomic E-state index is 8.85. The molecular weight excluding hydrogens is 308 g/mol. The fourth-order valence-electron chi connectivity index (χ4n) is 2.58. The maximum Gasteiger partial charge on any atom is 0.214 e. The number of anilines is 1. The molecule has 0 atom stereocenters. The van der Waals surface area contributed by atoms with Gasteiger partial charge in [-0.3, -0.25) is 0 Å². The number of nitrogens with one attached hydrogen (secondary N) is 1. The van der Waals surface area contributed by atoms with Crippen LogP contribution < -0.4 is 5.32 Å². The van der Waals surface area contributed by atoms with E-state index >= 15 is 0 Å². The van der Waals surface area contributed by atoms with Crippen molar-refractivity contribution in [2.45, 2.75) is 6.42 Å². The van der Waals surface area contributed by atoms with Crippen LogP contribution in [-0.4, -0.2) is 32.9 Å². The predicted octanol–water partition coefficient (Wildman–Crippen LogP) is 3.41. The highest BCUT2D eigenvalue weighted by molar-refractivity contribution is 7.20. The summed E-state index contributed by atoms with van der Waals surface area (Å²) in [6.45, 7) is 0.885. The van der Waals surface area contributed by atoms with Gasteiger partial charge in [0.05, 0.1) is 11.9 Å². The molecule has 0 spiro atoms. The summed E-state index contributed by atoms with van der Waals surface area (Å²) in [5.41, 5.74) is 2.08. The van der Waals surface area contributed by atoms with E-state index in [-0.39, 0.29) is 6.61 Å². The Balaban J connectivity index is 1.72. The molecule has 116 valence electrons. The fourth-order valence-corrected chi connectivity index (χ4v) is 3.38. The summed E-state index contributed by atoms with van der Waals surface area (Å²) in [6, 6.07) is 14.7. The average Bonchev–Trinajstić information content (AvgIpc) is 3.15. The topological polar surface area (TPSA) is 62.5 Å². The van der Waals surface area contributed by atoms with Gasteiger partial charge in [-0.25, -0.2) is 9.50 Å². The molecule has 2 heterocycles. The first kappa shape index (κ1) is 14.2. The molecule has 4 aromatic rings. The number of benzene rings is 2. The van der Waals surface area contributed by atoms with Gasteiger partial charge in [0.25, 0.3) is 0 Å². The maximum atomic E-state index is 8.85. The summed E-state index contributed by atoms with van der Waals surface area (Å²) >= 11 is 1.51. The van der Waals surface area contributed by atoms with Crippen molar-refractivity contribution in [1.82, 2.24) is 14.6 Å². The molecule has 0 bridgehead atoms. The first-order valence-electron chi connectivity index (χ1n) is 7.53. The van der Waals surface area contributed by atoms with Crippen molar-refractivity contribution in [2.24, 2.45) is 0 Å². The zero-order valence-electron chi connectivity index (χ0n) is 12.4. The van der Waals surface area contributed by atoms with Crippen LogP contribution in [0.1, 0.15) is 6.42 Å². The Labute approximate surface area is 137 Å². The van der Waals surface area contributed by atoms with Crippen LogP contribution in [0.3, 0.4) is 0 Å². The second-order valence-corrected chi connectivity index (χ2v) is 6.27. The molecule has 0 aliphatic carbocycles. The lowest BCUT2D eigenvalue weighted by Gasteiger charge is -2.02. The van der Waals surface area contributed by atoms with E-state index in [2.05, 4.69) is 45.7 Å². The van der Waals surface area contributed by atoms with E-state index in [0.29, 0.717) is 13.0 Å². The fraction of sp³-hybridized carbons (Fsp3) is 0.176. The summed E-state index contributed by atoms with van der Waals surface area (Å²) in [5.74, 6) is 0. The van der Waals surface area contributed by atoms with E-state index in [0.717, 1.165) is 21.3 Å². The van der Waals surface area contributed by atoms with Crippen molar-refractivity contribution in [3.05, 3.63) is 48.7 Å². The second kappa shape index (κ2) is 5.98. The van der Waals surface area contributed by atoms with Crippen molar-refractivity contribution < 1.29 is 5.11 Å². The summed E-state index contributed by atoms with van der Waals surface area (Å²) < 4.78 is 1.87. The first-order valence-corrected chi connectivity index (χ1v) is 8.35. The largest absolute Gasteiger partial charge is 0.396 e. The smallest absolute Gasteiger partial charge is 0.214 e. The monoisotopic (exact) mass is 324 g/mol. The number of aliphatic hydroxyl groups excluding tert-OH is 1. The number of rotatable bonds is 5. The minimum atomic E-state index is 0.178. The van der Waals surface area contributed by atoms with Crippen molar-refractivity contribution in [3.63, 3.8) is 0 Å². The van der Waals surface area contributed by atoms with Crippen LogP contribution in [0.15, 0.2) is 48.7 Å². The number of nitrogens with zero attached hydrogens (tertiary/aromatic N) is 3. The molecule has 0 amide bonds. The molecule has 0 saturated heterocycles. The summed E-state index contributed by atoms with van der Waals surface area (Å²) in [6.07, 6.45) is 2.57. The number of hydrogen-bond acceptors (Lipinski definition) is 5. The summed E-state index contributed by atoms with van der Waals surface area (Å²) in [7, 11) is 0. The van der Waals surface area contributed by atoms with Gasteiger partial charge < -0.3 is 10.4 Å². The molecule has 0 radical (unpaired) electrons. The Morgan fingerprint density at radius 1 is 1.13 bits per heavy atom. The van der Waals surface area contributed by atoms with Gasteiger partial charge in [-0.1, -0.05) is 47.7 Å². The van der Waals surface area contributed by atoms with E-state index in [1.54, 1.807) is 0 Å². The third-order valence-corrected chi connectivity index (χ3v) is 4.62. The predicted molar refractivity (Wildman–Crippen MR) is 94.0 cm³/mol. The molecule has 0 aliphatic heterocycles. The third-order valence-electron chi connectivity index (χ3n) is 3.74. The van der Waals surface area contributed by atoms with Gasteiger partial charge >= 0.3 is 0 Å². The van der Waals surface area contributed by atoms with Crippen LogP contribution in [0.2, 0.25) is 0 Å². The minimum absolute atomic E-state index is 0.178. The normalized spacial score (nSPS) is 11.3. The molecular formula is C17H16N4OS. The van der Waals surface area contributed by atoms with Gasteiger partial charge in [-0.2, -0.15) is 0 Å². The Bertz CT molecular complexity index is 959. The number of imidazole rings is 1. The zero-order valence-corrected chi connectivity index (χ0v) is 13.3. The van der Waals surface area contributed by atoms with Crippen LogP contribution in [0.25, 0.3) is 27.0 Å². The van der Waals surface area contributed by atoms with Crippen molar-refractivity contribution in [3.8, 4) is 11.3 Å². The van der Waals surface area contributed by atoms with Crippen LogP contribution in [0, 0.1) is 0 Å². The minimum Gasteiger partial charge on any atom is -0.396 e. The standard InChI is InChI=1S/C17H16N4OS/c22-9-3-8-18-16-20-21-15(11-19-17(21)23-16)14-7-6-12-4-1-2-5-13(12)10-14/h1-2,4-7,10-11,22H,3,8-9H2,(H,18,20). The highest BCUT2D eigenvalue weighted by atomic mass is 32.1. The first-order chi connectivity index (χ1) is 11.3. The van der Waals surface area contributed by atoms with Gasteiger partial charge in [0.1, 0.15) is 0 Å². The zero-order chi connectivity index (χ0) is 15.6. The molecule has 0 unspecified atom stereocenters. The second-order valence-electron chi connectivity index (χ2n) is 5.31. The SMILES string of the molecule is OCCCNc1nn2c(-c3ccc4ccccc4c3)cnc2s1. The lowest BCUT2D eigenvalue weighted by molar-refractivity contribution is 0.292. The lowest BCUT2D eigenvalue weighted by Crippen LogP contribution is -2.03. The molecule has 0 saturated carbocycles. The van der Waals surface area contributed by atoms with Crippen LogP contribution >= 0.6 is 11.3 Å². The van der Waals surface area contributed by atoms with E-state index in [1.807, 2.05) is 22.8 Å². The highest BCUT2D eigenvalue weighted by Crippen LogP contribution is 2.28. The van der Waals surface area contributed by atoms with Crippen molar-refractivity contribution in [2.75, 3.05) is 18.5 Å². The molecule has 6 heteroatoms.